The Bertz CT molecular complexity index is 425. The third kappa shape index (κ3) is 3.83. The summed E-state index contributed by atoms with van der Waals surface area (Å²) in [5, 5.41) is 0. The number of pyridine rings is 1. The number of piperidine rings is 1. The van der Waals surface area contributed by atoms with Crippen LogP contribution in [0.1, 0.15) is 23.2 Å². The highest BCUT2D eigenvalue weighted by atomic mass is 35.5. The molecule has 0 bridgehead atoms. The number of carbonyl (C=O) groups excluding carboxylic acids is 1. The fourth-order valence-corrected chi connectivity index (χ4v) is 2.11. The first kappa shape index (κ1) is 15.8. The van der Waals surface area contributed by atoms with Crippen molar-refractivity contribution in [1.29, 1.82) is 0 Å². The Morgan fingerprint density at radius 2 is 1.95 bits per heavy atom. The molecule has 106 valence electrons. The number of alkyl halides is 3. The van der Waals surface area contributed by atoms with E-state index in [9.17, 15) is 18.0 Å². The number of aromatic nitrogens is 1. The van der Waals surface area contributed by atoms with E-state index in [0.717, 1.165) is 0 Å². The van der Waals surface area contributed by atoms with Crippen molar-refractivity contribution in [3.63, 3.8) is 0 Å². The molecular formula is C12H14ClF3N2O. The summed E-state index contributed by atoms with van der Waals surface area (Å²) < 4.78 is 37.9. The van der Waals surface area contributed by atoms with Crippen LogP contribution < -0.4 is 0 Å². The zero-order valence-corrected chi connectivity index (χ0v) is 10.9. The van der Waals surface area contributed by atoms with E-state index in [0.29, 0.717) is 18.5 Å². The van der Waals surface area contributed by atoms with Gasteiger partial charge in [-0.15, -0.1) is 12.4 Å². The Morgan fingerprint density at radius 1 is 1.32 bits per heavy atom. The van der Waals surface area contributed by atoms with Gasteiger partial charge in [-0.1, -0.05) is 0 Å². The lowest BCUT2D eigenvalue weighted by Crippen LogP contribution is -2.44. The lowest BCUT2D eigenvalue weighted by Gasteiger charge is -2.33. The summed E-state index contributed by atoms with van der Waals surface area (Å²) >= 11 is 0. The van der Waals surface area contributed by atoms with E-state index in [1.165, 1.54) is 29.4 Å². The molecule has 1 atom stereocenters. The number of likely N-dealkylation sites (tertiary alicyclic amines) is 1. The van der Waals surface area contributed by atoms with Crippen LogP contribution in [0, 0.1) is 5.92 Å². The van der Waals surface area contributed by atoms with Gasteiger partial charge in [-0.2, -0.15) is 13.2 Å². The zero-order valence-electron chi connectivity index (χ0n) is 10.1. The van der Waals surface area contributed by atoms with Gasteiger partial charge in [0.25, 0.3) is 5.91 Å². The Morgan fingerprint density at radius 3 is 2.53 bits per heavy atom. The van der Waals surface area contributed by atoms with Crippen molar-refractivity contribution in [2.75, 3.05) is 13.1 Å². The molecule has 1 amide bonds. The number of hydrogen-bond acceptors (Lipinski definition) is 2. The Hall–Kier alpha value is -1.30. The van der Waals surface area contributed by atoms with E-state index in [-0.39, 0.29) is 31.3 Å². The molecule has 0 N–H and O–H groups in total. The topological polar surface area (TPSA) is 33.2 Å². The van der Waals surface area contributed by atoms with Gasteiger partial charge in [-0.25, -0.2) is 0 Å². The summed E-state index contributed by atoms with van der Waals surface area (Å²) in [4.78, 5) is 17.1. The third-order valence-electron chi connectivity index (χ3n) is 3.10. The normalized spacial score (nSPS) is 19.7. The molecule has 2 heterocycles. The molecule has 0 saturated carbocycles. The Kier molecular flexibility index (Phi) is 5.17. The number of halogens is 4. The first-order valence-electron chi connectivity index (χ1n) is 5.74. The summed E-state index contributed by atoms with van der Waals surface area (Å²) in [6.45, 7) is 0.137. The van der Waals surface area contributed by atoms with Crippen LogP contribution in [0.5, 0.6) is 0 Å². The minimum absolute atomic E-state index is 0. The minimum atomic E-state index is -4.23. The van der Waals surface area contributed by atoms with Crippen LogP contribution in [0.25, 0.3) is 0 Å². The molecule has 0 radical (unpaired) electrons. The second kappa shape index (κ2) is 6.23. The smallest absolute Gasteiger partial charge is 0.338 e. The van der Waals surface area contributed by atoms with Crippen LogP contribution in [-0.2, 0) is 0 Å². The van der Waals surface area contributed by atoms with Crippen LogP contribution in [0.4, 0.5) is 13.2 Å². The van der Waals surface area contributed by atoms with Crippen LogP contribution in [-0.4, -0.2) is 35.1 Å². The van der Waals surface area contributed by atoms with Crippen molar-refractivity contribution in [1.82, 2.24) is 9.88 Å². The minimum Gasteiger partial charge on any atom is -0.338 e. The number of nitrogens with zero attached hydrogens (tertiary/aromatic N) is 2. The molecule has 19 heavy (non-hydrogen) atoms. The molecule has 1 saturated heterocycles. The van der Waals surface area contributed by atoms with Gasteiger partial charge in [-0.3, -0.25) is 9.78 Å². The van der Waals surface area contributed by atoms with E-state index < -0.39 is 12.1 Å². The first-order chi connectivity index (χ1) is 8.48. The van der Waals surface area contributed by atoms with Gasteiger partial charge in [-0.05, 0) is 25.0 Å². The van der Waals surface area contributed by atoms with E-state index in [1.54, 1.807) is 0 Å². The molecule has 1 aliphatic rings. The van der Waals surface area contributed by atoms with Crippen molar-refractivity contribution in [2.45, 2.75) is 19.0 Å². The predicted octanol–water partition coefficient (Wildman–Crippen LogP) is 2.92. The largest absolute Gasteiger partial charge is 0.393 e. The summed E-state index contributed by atoms with van der Waals surface area (Å²) in [6, 6.07) is 3.03. The lowest BCUT2D eigenvalue weighted by atomic mass is 9.97. The second-order valence-corrected chi connectivity index (χ2v) is 4.37. The van der Waals surface area contributed by atoms with Gasteiger partial charge in [0.15, 0.2) is 0 Å². The van der Waals surface area contributed by atoms with Gasteiger partial charge in [0.2, 0.25) is 0 Å². The Balaban J connectivity index is 0.00000180. The highest BCUT2D eigenvalue weighted by Crippen LogP contribution is 2.33. The quantitative estimate of drug-likeness (QED) is 0.798. The third-order valence-corrected chi connectivity index (χ3v) is 3.10. The number of hydrogen-bond donors (Lipinski definition) is 0. The van der Waals surface area contributed by atoms with Crippen molar-refractivity contribution >= 4 is 18.3 Å². The highest BCUT2D eigenvalue weighted by Gasteiger charge is 2.42. The standard InChI is InChI=1S/C12H13F3N2O.ClH/c13-12(14,15)10-2-1-7-17(8-10)11(18)9-3-5-16-6-4-9;/h3-6,10H,1-2,7-8H2;1H. The van der Waals surface area contributed by atoms with Crippen molar-refractivity contribution in [3.05, 3.63) is 30.1 Å². The molecule has 2 rings (SSSR count). The maximum atomic E-state index is 12.6. The average Bonchev–Trinajstić information content (AvgIpc) is 2.38. The maximum absolute atomic E-state index is 12.6. The monoisotopic (exact) mass is 294 g/mol. The molecule has 1 aromatic rings. The molecule has 0 aliphatic carbocycles. The second-order valence-electron chi connectivity index (χ2n) is 4.37. The van der Waals surface area contributed by atoms with Gasteiger partial charge in [0.1, 0.15) is 0 Å². The molecule has 1 unspecified atom stereocenters. The number of carbonyl (C=O) groups is 1. The molecule has 3 nitrogen and oxygen atoms in total. The first-order valence-corrected chi connectivity index (χ1v) is 5.74. The van der Waals surface area contributed by atoms with Crippen LogP contribution >= 0.6 is 12.4 Å². The zero-order chi connectivity index (χ0) is 13.2. The number of rotatable bonds is 1. The summed E-state index contributed by atoms with van der Waals surface area (Å²) in [6.07, 6.45) is -0.821. The predicted molar refractivity (Wildman–Crippen MR) is 66.2 cm³/mol. The molecule has 0 spiro atoms. The van der Waals surface area contributed by atoms with Crippen molar-refractivity contribution < 1.29 is 18.0 Å². The molecular weight excluding hydrogens is 281 g/mol. The van der Waals surface area contributed by atoms with Gasteiger partial charge in [0, 0.05) is 31.0 Å². The van der Waals surface area contributed by atoms with Crippen LogP contribution in [0.3, 0.4) is 0 Å². The van der Waals surface area contributed by atoms with Crippen molar-refractivity contribution in [2.24, 2.45) is 5.92 Å². The Labute approximate surface area is 115 Å². The molecule has 1 fully saturated rings. The molecule has 7 heteroatoms. The molecule has 1 aromatic heterocycles. The number of amides is 1. The lowest BCUT2D eigenvalue weighted by molar-refractivity contribution is -0.184. The van der Waals surface area contributed by atoms with Crippen LogP contribution in [0.15, 0.2) is 24.5 Å². The SMILES string of the molecule is Cl.O=C(c1ccncc1)N1CCCC(C(F)(F)F)C1. The average molecular weight is 295 g/mol. The summed E-state index contributed by atoms with van der Waals surface area (Å²) in [5.74, 6) is -1.76. The van der Waals surface area contributed by atoms with E-state index in [1.807, 2.05) is 0 Å². The summed E-state index contributed by atoms with van der Waals surface area (Å²) in [7, 11) is 0. The van der Waals surface area contributed by atoms with E-state index in [2.05, 4.69) is 4.98 Å². The van der Waals surface area contributed by atoms with E-state index in [4.69, 9.17) is 0 Å². The van der Waals surface area contributed by atoms with Gasteiger partial charge >= 0.3 is 6.18 Å². The van der Waals surface area contributed by atoms with Gasteiger partial charge < -0.3 is 4.90 Å². The fourth-order valence-electron chi connectivity index (χ4n) is 2.11. The highest BCUT2D eigenvalue weighted by molar-refractivity contribution is 5.94. The molecule has 0 aromatic carbocycles. The van der Waals surface area contributed by atoms with Crippen molar-refractivity contribution in [3.8, 4) is 0 Å². The molecule has 1 aliphatic heterocycles. The maximum Gasteiger partial charge on any atom is 0.393 e. The van der Waals surface area contributed by atoms with E-state index >= 15 is 0 Å². The van der Waals surface area contributed by atoms with Crippen LogP contribution in [0.2, 0.25) is 0 Å². The van der Waals surface area contributed by atoms with Gasteiger partial charge in [0.05, 0.1) is 5.92 Å². The summed E-state index contributed by atoms with van der Waals surface area (Å²) in [5.41, 5.74) is 0.382. The fraction of sp³-hybridized carbons (Fsp3) is 0.500.